The normalized spacial score (nSPS) is 13.2. The molecule has 0 aliphatic carbocycles. The minimum absolute atomic E-state index is 0.266. The van der Waals surface area contributed by atoms with Crippen molar-refractivity contribution in [3.05, 3.63) is 71.6 Å². The van der Waals surface area contributed by atoms with Crippen molar-refractivity contribution >= 4 is 45.6 Å². The summed E-state index contributed by atoms with van der Waals surface area (Å²) in [5.74, 6) is 1.05. The smallest absolute Gasteiger partial charge is 0.410 e. The van der Waals surface area contributed by atoms with Crippen LogP contribution in [0.25, 0.3) is 27.5 Å². The number of hydrogen-bond acceptors (Lipinski definition) is 7. The van der Waals surface area contributed by atoms with Gasteiger partial charge in [0.2, 0.25) is 0 Å². The molecule has 208 valence electrons. The van der Waals surface area contributed by atoms with Crippen LogP contribution < -0.4 is 5.73 Å². The first-order valence-electron chi connectivity index (χ1n) is 13.6. The van der Waals surface area contributed by atoms with E-state index < -0.39 is 5.60 Å². The van der Waals surface area contributed by atoms with Gasteiger partial charge in [0.1, 0.15) is 16.9 Å². The second kappa shape index (κ2) is 11.5. The number of pyridine rings is 1. The van der Waals surface area contributed by atoms with Crippen LogP contribution in [0.4, 0.5) is 10.6 Å². The summed E-state index contributed by atoms with van der Waals surface area (Å²) in [5, 5.41) is 0.939. The molecule has 2 aromatic heterocycles. The van der Waals surface area contributed by atoms with Crippen LogP contribution in [-0.4, -0.2) is 57.0 Å². The van der Waals surface area contributed by atoms with E-state index >= 15 is 0 Å². The number of aliphatic imine (C=N–C) groups is 1. The summed E-state index contributed by atoms with van der Waals surface area (Å²) in [7, 11) is 0. The summed E-state index contributed by atoms with van der Waals surface area (Å²) in [6.45, 7) is 10.4. The molecule has 1 aliphatic heterocycles. The molecule has 4 aromatic rings. The lowest BCUT2D eigenvalue weighted by molar-refractivity contribution is 0.0237. The topological polar surface area (TPSA) is 108 Å². The van der Waals surface area contributed by atoms with Gasteiger partial charge in [-0.25, -0.2) is 14.8 Å². The molecular weight excluding hydrogens is 504 g/mol. The van der Waals surface area contributed by atoms with Crippen molar-refractivity contribution in [1.82, 2.24) is 19.4 Å². The number of rotatable bonds is 9. The third kappa shape index (κ3) is 5.99. The predicted molar refractivity (Wildman–Crippen MR) is 159 cm³/mol. The Morgan fingerprint density at radius 3 is 2.62 bits per heavy atom. The fraction of sp³-hybridized carbons (Fsp3) is 0.355. The highest BCUT2D eigenvalue weighted by molar-refractivity contribution is 6.07. The van der Waals surface area contributed by atoms with Gasteiger partial charge in [-0.05, 0) is 56.5 Å². The number of anilines is 1. The first-order valence-corrected chi connectivity index (χ1v) is 13.6. The summed E-state index contributed by atoms with van der Waals surface area (Å²) in [6.07, 6.45) is 3.46. The average molecular weight is 541 g/mol. The molecule has 5 rings (SSSR count). The second-order valence-electron chi connectivity index (χ2n) is 10.8. The molecule has 9 heteroatoms. The van der Waals surface area contributed by atoms with Gasteiger partial charge in [-0.3, -0.25) is 4.99 Å². The van der Waals surface area contributed by atoms with Gasteiger partial charge in [0.25, 0.3) is 0 Å². The molecule has 2 aromatic carbocycles. The molecular formula is C31H36N6O3. The fourth-order valence-electron chi connectivity index (χ4n) is 4.78. The van der Waals surface area contributed by atoms with E-state index in [1.165, 1.54) is 0 Å². The molecule has 3 heterocycles. The lowest BCUT2D eigenvalue weighted by atomic mass is 10.0. The first kappa shape index (κ1) is 27.3. The van der Waals surface area contributed by atoms with E-state index in [0.29, 0.717) is 50.0 Å². The van der Waals surface area contributed by atoms with Crippen molar-refractivity contribution in [2.75, 3.05) is 25.4 Å². The van der Waals surface area contributed by atoms with Gasteiger partial charge >= 0.3 is 6.09 Å². The number of amides is 1. The molecule has 40 heavy (non-hydrogen) atoms. The molecule has 0 spiro atoms. The molecule has 1 aliphatic rings. The summed E-state index contributed by atoms with van der Waals surface area (Å²) in [6, 6.07) is 16.3. The Labute approximate surface area is 234 Å². The number of benzene rings is 2. The highest BCUT2D eigenvalue weighted by Gasteiger charge is 2.25. The molecule has 0 saturated heterocycles. The van der Waals surface area contributed by atoms with E-state index in [4.69, 9.17) is 25.2 Å². The van der Waals surface area contributed by atoms with E-state index in [0.717, 1.165) is 33.1 Å². The zero-order valence-corrected chi connectivity index (χ0v) is 23.6. The highest BCUT2D eigenvalue weighted by atomic mass is 16.6. The van der Waals surface area contributed by atoms with Gasteiger partial charge in [0, 0.05) is 24.7 Å². The Hall–Kier alpha value is -4.24. The molecule has 0 bridgehead atoms. The number of carbonyl (C=O) groups is 1. The van der Waals surface area contributed by atoms with Crippen LogP contribution in [0.2, 0.25) is 0 Å². The van der Waals surface area contributed by atoms with Crippen LogP contribution in [0.3, 0.4) is 0 Å². The van der Waals surface area contributed by atoms with Crippen LogP contribution in [0.5, 0.6) is 0 Å². The van der Waals surface area contributed by atoms with Gasteiger partial charge in [0.05, 0.1) is 37.3 Å². The lowest BCUT2D eigenvalue weighted by Gasteiger charge is -2.26. The molecule has 0 fully saturated rings. The van der Waals surface area contributed by atoms with Crippen molar-refractivity contribution in [3.8, 4) is 0 Å². The maximum absolute atomic E-state index is 13.0. The molecule has 2 N–H and O–H groups in total. The minimum Gasteiger partial charge on any atom is -0.444 e. The third-order valence-corrected chi connectivity index (χ3v) is 6.73. The average Bonchev–Trinajstić information content (AvgIpc) is 3.58. The van der Waals surface area contributed by atoms with Crippen LogP contribution in [0, 0.1) is 0 Å². The van der Waals surface area contributed by atoms with E-state index in [9.17, 15) is 4.79 Å². The number of ether oxygens (including phenoxy) is 2. The fourth-order valence-corrected chi connectivity index (χ4v) is 4.78. The molecule has 9 nitrogen and oxygen atoms in total. The number of aromatic nitrogens is 3. The van der Waals surface area contributed by atoms with E-state index in [1.54, 1.807) is 4.90 Å². The lowest BCUT2D eigenvalue weighted by Crippen LogP contribution is -2.37. The van der Waals surface area contributed by atoms with E-state index in [-0.39, 0.29) is 12.6 Å². The Balaban J connectivity index is 1.52. The number of nitrogen functional groups attached to an aromatic ring is 1. The standard InChI is InChI=1S/C31H36N6O3/c1-5-36(30(38)40-31(2,3)4)19-26-35-27-28(37(26)15-16-39-20-21-9-7-6-8-10-21)24-12-11-22(23-13-14-33-18-23)17-25(24)34-29(27)32/h6-14,17H,5,15-16,18-20H2,1-4H3,(H2,32,34). The molecule has 0 saturated carbocycles. The zero-order valence-electron chi connectivity index (χ0n) is 23.6. The third-order valence-electron chi connectivity index (χ3n) is 6.73. The van der Waals surface area contributed by atoms with Crippen molar-refractivity contribution in [2.45, 2.75) is 53.0 Å². The van der Waals surface area contributed by atoms with Gasteiger partial charge in [0.15, 0.2) is 5.82 Å². The van der Waals surface area contributed by atoms with Crippen molar-refractivity contribution in [3.63, 3.8) is 0 Å². The Morgan fingerprint density at radius 1 is 1.12 bits per heavy atom. The van der Waals surface area contributed by atoms with Gasteiger partial charge in [-0.2, -0.15) is 0 Å². The number of imidazole rings is 1. The maximum Gasteiger partial charge on any atom is 0.410 e. The summed E-state index contributed by atoms with van der Waals surface area (Å²) in [4.78, 5) is 28.5. The Bertz CT molecular complexity index is 1580. The monoisotopic (exact) mass is 540 g/mol. The van der Waals surface area contributed by atoms with E-state index in [2.05, 4.69) is 21.7 Å². The summed E-state index contributed by atoms with van der Waals surface area (Å²) in [5.41, 5.74) is 11.5. The molecule has 1 amide bonds. The molecule has 0 unspecified atom stereocenters. The van der Waals surface area contributed by atoms with Gasteiger partial charge in [-0.1, -0.05) is 42.5 Å². The van der Waals surface area contributed by atoms with Crippen molar-refractivity contribution in [2.24, 2.45) is 4.99 Å². The SMILES string of the molecule is CCN(Cc1nc2c(N)nc3cc(C4=CC=NC4)ccc3c2n1CCOCc1ccccc1)C(=O)OC(C)(C)C. The quantitative estimate of drug-likeness (QED) is 0.277. The first-order chi connectivity index (χ1) is 19.2. The largest absolute Gasteiger partial charge is 0.444 e. The number of nitrogens with zero attached hydrogens (tertiary/aromatic N) is 5. The van der Waals surface area contributed by atoms with Gasteiger partial charge in [-0.15, -0.1) is 0 Å². The highest BCUT2D eigenvalue weighted by Crippen LogP contribution is 2.32. The van der Waals surface area contributed by atoms with Gasteiger partial charge < -0.3 is 24.7 Å². The van der Waals surface area contributed by atoms with Crippen molar-refractivity contribution in [1.29, 1.82) is 0 Å². The summed E-state index contributed by atoms with van der Waals surface area (Å²) >= 11 is 0. The number of allylic oxidation sites excluding steroid dienone is 1. The zero-order chi connectivity index (χ0) is 28.3. The van der Waals surface area contributed by atoms with E-state index in [1.807, 2.05) is 76.4 Å². The van der Waals surface area contributed by atoms with Crippen LogP contribution >= 0.6 is 0 Å². The van der Waals surface area contributed by atoms with Crippen LogP contribution in [-0.2, 0) is 29.2 Å². The Kier molecular flexibility index (Phi) is 7.84. The number of carbonyl (C=O) groups excluding carboxylic acids is 1. The number of nitrogens with two attached hydrogens (primary N) is 1. The minimum atomic E-state index is -0.599. The number of hydrogen-bond donors (Lipinski definition) is 1. The predicted octanol–water partition coefficient (Wildman–Crippen LogP) is 5.61. The van der Waals surface area contributed by atoms with Crippen molar-refractivity contribution < 1.29 is 14.3 Å². The Morgan fingerprint density at radius 2 is 1.93 bits per heavy atom. The maximum atomic E-state index is 13.0. The second-order valence-corrected chi connectivity index (χ2v) is 10.8. The summed E-state index contributed by atoms with van der Waals surface area (Å²) < 4.78 is 13.8. The van der Waals surface area contributed by atoms with Crippen LogP contribution in [0.15, 0.2) is 59.6 Å². The van der Waals surface area contributed by atoms with Crippen LogP contribution in [0.1, 0.15) is 44.6 Å². The number of fused-ring (bicyclic) bond motifs is 3. The molecule has 0 radical (unpaired) electrons. The molecule has 0 atom stereocenters.